The van der Waals surface area contributed by atoms with Crippen molar-refractivity contribution >= 4 is 28.7 Å². The number of fused-ring (bicyclic) bond motifs is 1. The molecule has 0 fully saturated rings. The van der Waals surface area contributed by atoms with Crippen molar-refractivity contribution in [1.29, 1.82) is 0 Å². The molecule has 4 aromatic carbocycles. The van der Waals surface area contributed by atoms with Crippen molar-refractivity contribution in [2.75, 3.05) is 6.16 Å². The summed E-state index contributed by atoms with van der Waals surface area (Å²) in [7, 11) is -1.87. The third-order valence-corrected chi connectivity index (χ3v) is 12.8. The van der Waals surface area contributed by atoms with Gasteiger partial charge >= 0.3 is 0 Å². The number of allylic oxidation sites excluding steroid dienone is 2. The summed E-state index contributed by atoms with van der Waals surface area (Å²) in [5, 5.41) is 4.30. The summed E-state index contributed by atoms with van der Waals surface area (Å²) < 4.78 is 0. The van der Waals surface area contributed by atoms with Crippen LogP contribution in [0.1, 0.15) is 64.2 Å². The van der Waals surface area contributed by atoms with Gasteiger partial charge in [0.15, 0.2) is 0 Å². The van der Waals surface area contributed by atoms with Gasteiger partial charge in [-0.05, 0) is 95.3 Å². The Balaban J connectivity index is 1.63. The van der Waals surface area contributed by atoms with E-state index in [4.69, 9.17) is 0 Å². The van der Waals surface area contributed by atoms with Gasteiger partial charge in [-0.1, -0.05) is 100 Å². The predicted molar refractivity (Wildman–Crippen MR) is 165 cm³/mol. The molecule has 0 saturated heterocycles. The molecule has 1 aliphatic carbocycles. The lowest BCUT2D eigenvalue weighted by Crippen LogP contribution is -2.33. The zero-order chi connectivity index (χ0) is 26.1. The minimum absolute atomic E-state index is 0.218. The van der Waals surface area contributed by atoms with E-state index in [0.717, 1.165) is 6.16 Å². The molecule has 0 amide bonds. The van der Waals surface area contributed by atoms with E-state index in [0.29, 0.717) is 0 Å². The third-order valence-electron chi connectivity index (χ3n) is 8.57. The van der Waals surface area contributed by atoms with Gasteiger partial charge < -0.3 is 0 Å². The van der Waals surface area contributed by atoms with Gasteiger partial charge in [0.1, 0.15) is 23.2 Å². The molecule has 188 valence electrons. The highest BCUT2D eigenvalue weighted by Crippen LogP contribution is 2.55. The monoisotopic (exact) mass is 503 g/mol. The summed E-state index contributed by atoms with van der Waals surface area (Å²) in [4.78, 5) is 0. The number of hydrogen-bond acceptors (Lipinski definition) is 0. The second-order valence-corrected chi connectivity index (χ2v) is 15.4. The predicted octanol–water partition coefficient (Wildman–Crippen LogP) is 8.43. The average Bonchev–Trinajstić information content (AvgIpc) is 2.93. The van der Waals surface area contributed by atoms with Crippen LogP contribution in [-0.2, 0) is 10.8 Å². The normalized spacial score (nSPS) is 16.7. The summed E-state index contributed by atoms with van der Waals surface area (Å²) in [6, 6.07) is 40.8. The van der Waals surface area contributed by atoms with Gasteiger partial charge in [0.25, 0.3) is 0 Å². The van der Waals surface area contributed by atoms with Crippen LogP contribution in [0.15, 0.2) is 115 Å². The maximum atomic E-state index is 2.52. The molecule has 0 aromatic heterocycles. The number of benzene rings is 4. The molecule has 0 nitrogen and oxygen atoms in total. The number of rotatable bonds is 6. The molecule has 0 unspecified atom stereocenters. The van der Waals surface area contributed by atoms with Crippen molar-refractivity contribution < 1.29 is 0 Å². The molecule has 0 spiro atoms. The molecule has 0 aliphatic heterocycles. The van der Waals surface area contributed by atoms with Crippen molar-refractivity contribution in [2.45, 2.75) is 58.3 Å². The molecular formula is C36H40P+. The largest absolute Gasteiger partial charge is 0.115 e. The van der Waals surface area contributed by atoms with Crippen LogP contribution in [0.4, 0.5) is 0 Å². The van der Waals surface area contributed by atoms with E-state index in [2.05, 4.69) is 150 Å². The van der Waals surface area contributed by atoms with Crippen LogP contribution < -0.4 is 15.9 Å². The van der Waals surface area contributed by atoms with E-state index in [1.165, 1.54) is 51.0 Å². The van der Waals surface area contributed by atoms with E-state index >= 15 is 0 Å². The quantitative estimate of drug-likeness (QED) is 0.232. The minimum atomic E-state index is -1.87. The topological polar surface area (TPSA) is 0 Å². The van der Waals surface area contributed by atoms with Gasteiger partial charge in [0, 0.05) is 0 Å². The van der Waals surface area contributed by atoms with E-state index in [1.54, 1.807) is 0 Å². The second kappa shape index (κ2) is 10.1. The molecule has 37 heavy (non-hydrogen) atoms. The third kappa shape index (κ3) is 4.85. The van der Waals surface area contributed by atoms with Gasteiger partial charge in [-0.15, -0.1) is 0 Å². The van der Waals surface area contributed by atoms with Crippen molar-refractivity contribution in [2.24, 2.45) is 0 Å². The maximum absolute atomic E-state index is 2.52. The Hall–Kier alpha value is -2.95. The average molecular weight is 504 g/mol. The lowest BCUT2D eigenvalue weighted by atomic mass is 9.63. The standard InChI is InChI=1S/C36H40P/c1-28(29-21-22-33-34(27-29)36(4,5)25-24-35(33,2)3)23-26-37(30-15-9-6-10-16-30,31-17-11-7-12-18-31)32-19-13-8-14-20-32/h6-23,27H,24-26H2,1-5H3/q+1. The Morgan fingerprint density at radius 1 is 0.622 bits per heavy atom. The molecular weight excluding hydrogens is 463 g/mol. The van der Waals surface area contributed by atoms with Crippen LogP contribution in [0.25, 0.3) is 5.57 Å². The molecule has 4 aromatic rings. The van der Waals surface area contributed by atoms with Crippen molar-refractivity contribution in [3.05, 3.63) is 132 Å². The SMILES string of the molecule is CC(=CC[P+](c1ccccc1)(c1ccccc1)c1ccccc1)c1ccc2c(c1)C(C)(C)CCC2(C)C. The van der Waals surface area contributed by atoms with Crippen LogP contribution in [0, 0.1) is 0 Å². The Morgan fingerprint density at radius 3 is 1.51 bits per heavy atom. The molecule has 0 radical (unpaired) electrons. The molecule has 0 saturated carbocycles. The Bertz CT molecular complexity index is 1280. The Morgan fingerprint density at radius 2 is 1.05 bits per heavy atom. The highest BCUT2D eigenvalue weighted by atomic mass is 31.2. The summed E-state index contributed by atoms with van der Waals surface area (Å²) in [6.07, 6.45) is 6.01. The fourth-order valence-electron chi connectivity index (χ4n) is 6.04. The van der Waals surface area contributed by atoms with Crippen LogP contribution in [-0.4, -0.2) is 6.16 Å². The molecule has 1 heteroatoms. The highest BCUT2D eigenvalue weighted by Gasteiger charge is 2.44. The van der Waals surface area contributed by atoms with Crippen LogP contribution in [0.2, 0.25) is 0 Å². The lowest BCUT2D eigenvalue weighted by Gasteiger charge is -2.42. The van der Waals surface area contributed by atoms with Crippen LogP contribution >= 0.6 is 7.26 Å². The molecule has 1 aliphatic rings. The van der Waals surface area contributed by atoms with Gasteiger partial charge in [-0.2, -0.15) is 0 Å². The molecule has 5 rings (SSSR count). The number of hydrogen-bond donors (Lipinski definition) is 0. The smallest absolute Gasteiger partial charge is 0.0620 e. The van der Waals surface area contributed by atoms with Gasteiger partial charge in [-0.25, -0.2) is 0 Å². The van der Waals surface area contributed by atoms with Crippen LogP contribution in [0.5, 0.6) is 0 Å². The fourth-order valence-corrected chi connectivity index (χ4v) is 10.2. The van der Waals surface area contributed by atoms with Gasteiger partial charge in [0.05, 0.1) is 6.16 Å². The summed E-state index contributed by atoms with van der Waals surface area (Å²) in [6.45, 7) is 11.9. The van der Waals surface area contributed by atoms with E-state index in [9.17, 15) is 0 Å². The van der Waals surface area contributed by atoms with Gasteiger partial charge in [-0.3, -0.25) is 0 Å². The second-order valence-electron chi connectivity index (χ2n) is 11.9. The zero-order valence-corrected chi connectivity index (χ0v) is 23.9. The van der Waals surface area contributed by atoms with Crippen LogP contribution in [0.3, 0.4) is 0 Å². The molecule has 0 N–H and O–H groups in total. The summed E-state index contributed by atoms with van der Waals surface area (Å²) >= 11 is 0. The summed E-state index contributed by atoms with van der Waals surface area (Å²) in [5.74, 6) is 0. The lowest BCUT2D eigenvalue weighted by molar-refractivity contribution is 0.332. The highest BCUT2D eigenvalue weighted by molar-refractivity contribution is 7.95. The van der Waals surface area contributed by atoms with E-state index in [1.807, 2.05) is 0 Å². The first-order valence-corrected chi connectivity index (χ1v) is 15.6. The Kier molecular flexibility index (Phi) is 6.99. The first-order valence-electron chi connectivity index (χ1n) is 13.6. The van der Waals surface area contributed by atoms with Gasteiger partial charge in [0.2, 0.25) is 0 Å². The minimum Gasteiger partial charge on any atom is -0.0620 e. The first-order chi connectivity index (χ1) is 17.7. The zero-order valence-electron chi connectivity index (χ0n) is 23.0. The van der Waals surface area contributed by atoms with E-state index < -0.39 is 7.26 Å². The maximum Gasteiger partial charge on any atom is 0.115 e. The molecule has 0 heterocycles. The molecule has 0 bridgehead atoms. The van der Waals surface area contributed by atoms with Crippen molar-refractivity contribution in [3.8, 4) is 0 Å². The van der Waals surface area contributed by atoms with Crippen molar-refractivity contribution in [1.82, 2.24) is 0 Å². The van der Waals surface area contributed by atoms with E-state index in [-0.39, 0.29) is 10.8 Å². The fraction of sp³-hybridized carbons (Fsp3) is 0.278. The van der Waals surface area contributed by atoms with Crippen molar-refractivity contribution in [3.63, 3.8) is 0 Å². The Labute approximate surface area is 224 Å². The molecule has 0 atom stereocenters. The first kappa shape index (κ1) is 25.7. The summed E-state index contributed by atoms with van der Waals surface area (Å²) in [5.41, 5.74) is 6.25.